The van der Waals surface area contributed by atoms with Crippen molar-refractivity contribution >= 4 is 21.8 Å². The normalized spacial score (nSPS) is 11.9. The number of halogens is 1. The molecule has 0 saturated carbocycles. The fraction of sp³-hybridized carbons (Fsp3) is 0.286. The number of carbonyl (C=O) groups excluding carboxylic acids is 1. The Morgan fingerprint density at radius 2 is 1.76 bits per heavy atom. The van der Waals surface area contributed by atoms with Crippen LogP contribution in [-0.4, -0.2) is 29.8 Å². The van der Waals surface area contributed by atoms with Gasteiger partial charge in [0.25, 0.3) is 5.91 Å². The first-order chi connectivity index (χ1) is 14.0. The molecule has 1 N–H and O–H groups in total. The summed E-state index contributed by atoms with van der Waals surface area (Å²) >= 11 is 3.36. The Balaban J connectivity index is 1.65. The second-order valence-electron chi connectivity index (χ2n) is 6.72. The van der Waals surface area contributed by atoms with Crippen LogP contribution in [0.5, 0.6) is 11.5 Å². The summed E-state index contributed by atoms with van der Waals surface area (Å²) in [5.41, 5.74) is 0.799. The highest BCUT2D eigenvalue weighted by Crippen LogP contribution is 2.25. The maximum absolute atomic E-state index is 12.4. The molecule has 0 aliphatic rings. The Morgan fingerprint density at radius 1 is 1.10 bits per heavy atom. The SMILES string of the molecule is COc1ccc(-c2noc([C@H](NC(=O)COc3ccc(Br)cc3)C(C)C)n2)cc1. The second-order valence-corrected chi connectivity index (χ2v) is 7.63. The van der Waals surface area contributed by atoms with Gasteiger partial charge in [-0.2, -0.15) is 4.98 Å². The minimum Gasteiger partial charge on any atom is -0.497 e. The van der Waals surface area contributed by atoms with Crippen molar-refractivity contribution in [2.24, 2.45) is 5.92 Å². The first kappa shape index (κ1) is 20.9. The fourth-order valence-corrected chi connectivity index (χ4v) is 2.89. The summed E-state index contributed by atoms with van der Waals surface area (Å²) in [6, 6.07) is 14.2. The predicted molar refractivity (Wildman–Crippen MR) is 112 cm³/mol. The average Bonchev–Trinajstić information content (AvgIpc) is 3.21. The molecule has 3 rings (SSSR count). The van der Waals surface area contributed by atoms with Gasteiger partial charge in [-0.1, -0.05) is 34.9 Å². The van der Waals surface area contributed by atoms with E-state index in [0.717, 1.165) is 15.8 Å². The van der Waals surface area contributed by atoms with Crippen molar-refractivity contribution in [2.45, 2.75) is 19.9 Å². The van der Waals surface area contributed by atoms with Crippen molar-refractivity contribution in [1.29, 1.82) is 0 Å². The molecule has 0 bridgehead atoms. The molecule has 0 unspecified atom stereocenters. The molecule has 0 saturated heterocycles. The maximum atomic E-state index is 12.4. The van der Waals surface area contributed by atoms with Crippen LogP contribution in [0.4, 0.5) is 0 Å². The molecular weight excluding hydrogens is 438 g/mol. The molecule has 0 aliphatic carbocycles. The van der Waals surface area contributed by atoms with Crippen LogP contribution in [0.15, 0.2) is 57.5 Å². The lowest BCUT2D eigenvalue weighted by atomic mass is 10.0. The average molecular weight is 460 g/mol. The van der Waals surface area contributed by atoms with E-state index in [1.54, 1.807) is 19.2 Å². The number of hydrogen-bond acceptors (Lipinski definition) is 6. The smallest absolute Gasteiger partial charge is 0.258 e. The van der Waals surface area contributed by atoms with Gasteiger partial charge in [-0.3, -0.25) is 4.79 Å². The molecule has 1 heterocycles. The van der Waals surface area contributed by atoms with Crippen molar-refractivity contribution in [3.05, 3.63) is 58.9 Å². The first-order valence-electron chi connectivity index (χ1n) is 9.12. The molecule has 1 aromatic heterocycles. The number of methoxy groups -OCH3 is 1. The molecule has 2 aromatic carbocycles. The Morgan fingerprint density at radius 3 is 2.38 bits per heavy atom. The van der Waals surface area contributed by atoms with E-state index in [4.69, 9.17) is 14.0 Å². The molecule has 7 nitrogen and oxygen atoms in total. The Bertz CT molecular complexity index is 939. The van der Waals surface area contributed by atoms with E-state index in [-0.39, 0.29) is 18.4 Å². The standard InChI is InChI=1S/C21H22BrN3O4/c1-13(2)19(23-18(26)12-28-17-10-6-15(22)7-11-17)21-24-20(25-29-21)14-4-8-16(27-3)9-5-14/h4-11,13,19H,12H2,1-3H3,(H,23,26)/t19-/m1/s1. The zero-order valence-electron chi connectivity index (χ0n) is 16.4. The summed E-state index contributed by atoms with van der Waals surface area (Å²) in [6.45, 7) is 3.83. The lowest BCUT2D eigenvalue weighted by molar-refractivity contribution is -0.124. The highest BCUT2D eigenvalue weighted by atomic mass is 79.9. The van der Waals surface area contributed by atoms with Gasteiger partial charge in [-0.05, 0) is 54.4 Å². The Labute approximate surface area is 177 Å². The van der Waals surface area contributed by atoms with Crippen molar-refractivity contribution in [2.75, 3.05) is 13.7 Å². The van der Waals surface area contributed by atoms with Crippen LogP contribution in [0.3, 0.4) is 0 Å². The van der Waals surface area contributed by atoms with E-state index in [9.17, 15) is 4.79 Å². The number of hydrogen-bond donors (Lipinski definition) is 1. The first-order valence-corrected chi connectivity index (χ1v) is 9.91. The van der Waals surface area contributed by atoms with Gasteiger partial charge >= 0.3 is 0 Å². The summed E-state index contributed by atoms with van der Waals surface area (Å²) in [7, 11) is 1.61. The summed E-state index contributed by atoms with van der Waals surface area (Å²) in [6.07, 6.45) is 0. The number of benzene rings is 2. The molecule has 1 atom stereocenters. The quantitative estimate of drug-likeness (QED) is 0.536. The van der Waals surface area contributed by atoms with E-state index in [0.29, 0.717) is 17.5 Å². The van der Waals surface area contributed by atoms with Gasteiger partial charge in [-0.15, -0.1) is 0 Å². The third kappa shape index (κ3) is 5.57. The van der Waals surface area contributed by atoms with Crippen LogP contribution in [0.25, 0.3) is 11.4 Å². The number of nitrogens with zero attached hydrogens (tertiary/aromatic N) is 2. The summed E-state index contributed by atoms with van der Waals surface area (Å²) in [5, 5.41) is 6.95. The highest BCUT2D eigenvalue weighted by molar-refractivity contribution is 9.10. The largest absolute Gasteiger partial charge is 0.497 e. The van der Waals surface area contributed by atoms with Gasteiger partial charge in [-0.25, -0.2) is 0 Å². The molecule has 0 aliphatic heterocycles. The molecule has 1 amide bonds. The van der Waals surface area contributed by atoms with Crippen LogP contribution >= 0.6 is 15.9 Å². The van der Waals surface area contributed by atoms with Crippen molar-refractivity contribution in [3.8, 4) is 22.9 Å². The number of carbonyl (C=O) groups is 1. The zero-order valence-corrected chi connectivity index (χ0v) is 18.0. The topological polar surface area (TPSA) is 86.5 Å². The van der Waals surface area contributed by atoms with Crippen molar-refractivity contribution in [1.82, 2.24) is 15.5 Å². The lowest BCUT2D eigenvalue weighted by Crippen LogP contribution is -2.35. The third-order valence-corrected chi connectivity index (χ3v) is 4.75. The van der Waals surface area contributed by atoms with E-state index in [2.05, 4.69) is 31.4 Å². The molecule has 29 heavy (non-hydrogen) atoms. The minimum atomic E-state index is -0.421. The molecular formula is C21H22BrN3O4. The summed E-state index contributed by atoms with van der Waals surface area (Å²) in [4.78, 5) is 16.8. The summed E-state index contributed by atoms with van der Waals surface area (Å²) in [5.74, 6) is 1.95. The third-order valence-electron chi connectivity index (χ3n) is 4.22. The van der Waals surface area contributed by atoms with Crippen LogP contribution < -0.4 is 14.8 Å². The Kier molecular flexibility index (Phi) is 6.87. The zero-order chi connectivity index (χ0) is 20.8. The molecule has 8 heteroatoms. The van der Waals surface area contributed by atoms with Crippen LogP contribution in [-0.2, 0) is 4.79 Å². The monoisotopic (exact) mass is 459 g/mol. The number of nitrogens with one attached hydrogen (secondary N) is 1. The molecule has 0 spiro atoms. The van der Waals surface area contributed by atoms with E-state index >= 15 is 0 Å². The van der Waals surface area contributed by atoms with Crippen LogP contribution in [0, 0.1) is 5.92 Å². The summed E-state index contributed by atoms with van der Waals surface area (Å²) < 4.78 is 17.0. The minimum absolute atomic E-state index is 0.0517. The second kappa shape index (κ2) is 9.56. The number of ether oxygens (including phenoxy) is 2. The fourth-order valence-electron chi connectivity index (χ4n) is 2.63. The molecule has 0 fully saturated rings. The number of rotatable bonds is 8. The van der Waals surface area contributed by atoms with Gasteiger partial charge in [0.05, 0.1) is 7.11 Å². The predicted octanol–water partition coefficient (Wildman–Crippen LogP) is 4.40. The number of aromatic nitrogens is 2. The van der Waals surface area contributed by atoms with Gasteiger partial charge in [0.1, 0.15) is 17.5 Å². The molecule has 0 radical (unpaired) electrons. The van der Waals surface area contributed by atoms with Crippen LogP contribution in [0.2, 0.25) is 0 Å². The van der Waals surface area contributed by atoms with E-state index in [1.165, 1.54) is 0 Å². The van der Waals surface area contributed by atoms with E-state index < -0.39 is 6.04 Å². The van der Waals surface area contributed by atoms with Gasteiger partial charge in [0.2, 0.25) is 11.7 Å². The molecule has 152 valence electrons. The highest BCUT2D eigenvalue weighted by Gasteiger charge is 2.25. The number of amides is 1. The van der Waals surface area contributed by atoms with Gasteiger partial charge < -0.3 is 19.3 Å². The van der Waals surface area contributed by atoms with Gasteiger partial charge in [0, 0.05) is 10.0 Å². The Hall–Kier alpha value is -2.87. The van der Waals surface area contributed by atoms with Crippen LogP contribution in [0.1, 0.15) is 25.8 Å². The molecule has 3 aromatic rings. The van der Waals surface area contributed by atoms with Crippen molar-refractivity contribution < 1.29 is 18.8 Å². The lowest BCUT2D eigenvalue weighted by Gasteiger charge is -2.18. The maximum Gasteiger partial charge on any atom is 0.258 e. The van der Waals surface area contributed by atoms with E-state index in [1.807, 2.05) is 50.2 Å². The van der Waals surface area contributed by atoms with Gasteiger partial charge in [0.15, 0.2) is 6.61 Å². The van der Waals surface area contributed by atoms with Crippen molar-refractivity contribution in [3.63, 3.8) is 0 Å².